The van der Waals surface area contributed by atoms with Gasteiger partial charge >= 0.3 is 0 Å². The maximum absolute atomic E-state index is 11.8. The predicted molar refractivity (Wildman–Crippen MR) is 69.7 cm³/mol. The van der Waals surface area contributed by atoms with Crippen molar-refractivity contribution in [2.75, 3.05) is 18.2 Å². The summed E-state index contributed by atoms with van der Waals surface area (Å²) < 4.78 is 5.15. The fourth-order valence-corrected chi connectivity index (χ4v) is 2.04. The molecule has 2 rings (SSSR count). The summed E-state index contributed by atoms with van der Waals surface area (Å²) in [5, 5.41) is 6.43. The molecule has 1 aromatic heterocycles. The molecule has 3 N–H and O–H groups in total. The lowest BCUT2D eigenvalue weighted by Crippen LogP contribution is -2.11. The molecule has 17 heavy (non-hydrogen) atoms. The number of hydrogen-bond donors (Lipinski definition) is 2. The number of nitrogens with two attached hydrogens (primary N) is 1. The number of amides is 1. The molecule has 88 valence electrons. The lowest BCUT2D eigenvalue weighted by atomic mass is 10.2. The Morgan fingerprint density at radius 1 is 1.41 bits per heavy atom. The van der Waals surface area contributed by atoms with Crippen molar-refractivity contribution in [3.8, 4) is 5.75 Å². The smallest absolute Gasteiger partial charge is 0.256 e. The third-order valence-electron chi connectivity index (χ3n) is 2.26. The van der Waals surface area contributed by atoms with Crippen molar-refractivity contribution in [2.45, 2.75) is 0 Å². The van der Waals surface area contributed by atoms with Crippen LogP contribution in [-0.2, 0) is 0 Å². The van der Waals surface area contributed by atoms with Gasteiger partial charge in [-0.15, -0.1) is 0 Å². The summed E-state index contributed by atoms with van der Waals surface area (Å²) >= 11 is 1.48. The number of anilines is 2. The molecule has 1 heterocycles. The molecule has 4 nitrogen and oxygen atoms in total. The summed E-state index contributed by atoms with van der Waals surface area (Å²) in [5.74, 6) is 0.392. The number of carbonyl (C=O) groups excluding carboxylic acids is 1. The number of nitrogen functional groups attached to an aromatic ring is 1. The second-order valence-electron chi connectivity index (χ2n) is 3.43. The van der Waals surface area contributed by atoms with Crippen LogP contribution in [0.4, 0.5) is 11.4 Å². The lowest BCUT2D eigenvalue weighted by Gasteiger charge is -2.10. The molecule has 0 atom stereocenters. The minimum Gasteiger partial charge on any atom is -0.494 e. The van der Waals surface area contributed by atoms with Gasteiger partial charge in [0.25, 0.3) is 5.91 Å². The van der Waals surface area contributed by atoms with Crippen LogP contribution in [0.2, 0.25) is 0 Å². The monoisotopic (exact) mass is 248 g/mol. The van der Waals surface area contributed by atoms with Gasteiger partial charge in [-0.05, 0) is 23.6 Å². The van der Waals surface area contributed by atoms with Crippen LogP contribution >= 0.6 is 11.3 Å². The molecule has 0 bridgehead atoms. The first-order valence-electron chi connectivity index (χ1n) is 4.98. The van der Waals surface area contributed by atoms with E-state index in [9.17, 15) is 4.79 Å². The average Bonchev–Trinajstić information content (AvgIpc) is 2.85. The Balaban J connectivity index is 2.21. The Hall–Kier alpha value is -2.01. The number of rotatable bonds is 3. The molecule has 0 unspecified atom stereocenters. The molecule has 2 aromatic rings. The van der Waals surface area contributed by atoms with Crippen molar-refractivity contribution >= 4 is 28.6 Å². The van der Waals surface area contributed by atoms with Gasteiger partial charge < -0.3 is 15.8 Å². The molecule has 0 aliphatic carbocycles. The van der Waals surface area contributed by atoms with E-state index in [1.165, 1.54) is 18.4 Å². The molecule has 1 aromatic carbocycles. The van der Waals surface area contributed by atoms with E-state index in [1.807, 2.05) is 5.38 Å². The third kappa shape index (κ3) is 2.57. The van der Waals surface area contributed by atoms with Crippen LogP contribution in [0.25, 0.3) is 0 Å². The molecule has 0 aliphatic rings. The van der Waals surface area contributed by atoms with Gasteiger partial charge in [-0.2, -0.15) is 11.3 Å². The molecule has 0 spiro atoms. The highest BCUT2D eigenvalue weighted by Gasteiger charge is 2.09. The molecular formula is C12H12N2O2S. The first-order chi connectivity index (χ1) is 8.20. The number of methoxy groups -OCH3 is 1. The first-order valence-corrected chi connectivity index (χ1v) is 5.92. The molecule has 0 saturated heterocycles. The molecule has 0 fully saturated rings. The van der Waals surface area contributed by atoms with Crippen LogP contribution in [0.1, 0.15) is 10.4 Å². The van der Waals surface area contributed by atoms with Crippen molar-refractivity contribution in [3.05, 3.63) is 40.6 Å². The number of thiophene rings is 1. The summed E-state index contributed by atoms with van der Waals surface area (Å²) in [4.78, 5) is 11.8. The van der Waals surface area contributed by atoms with Crippen LogP contribution in [0.15, 0.2) is 35.0 Å². The fourth-order valence-electron chi connectivity index (χ4n) is 1.40. The summed E-state index contributed by atoms with van der Waals surface area (Å²) in [6.45, 7) is 0. The predicted octanol–water partition coefficient (Wildman–Crippen LogP) is 2.59. The topological polar surface area (TPSA) is 64.3 Å². The van der Waals surface area contributed by atoms with Gasteiger partial charge in [-0.3, -0.25) is 4.79 Å². The lowest BCUT2D eigenvalue weighted by molar-refractivity contribution is 0.102. The number of nitrogens with one attached hydrogen (secondary N) is 1. The number of hydrogen-bond acceptors (Lipinski definition) is 4. The molecule has 0 radical (unpaired) electrons. The van der Waals surface area contributed by atoms with Crippen molar-refractivity contribution in [1.82, 2.24) is 0 Å². The van der Waals surface area contributed by atoms with Gasteiger partial charge in [0.15, 0.2) is 0 Å². The van der Waals surface area contributed by atoms with Gasteiger partial charge in [0.2, 0.25) is 0 Å². The molecule has 5 heteroatoms. The molecular weight excluding hydrogens is 236 g/mol. The average molecular weight is 248 g/mol. The maximum Gasteiger partial charge on any atom is 0.256 e. The second-order valence-corrected chi connectivity index (χ2v) is 4.21. The molecule has 0 aliphatic heterocycles. The normalized spacial score (nSPS) is 9.94. The fraction of sp³-hybridized carbons (Fsp3) is 0.0833. The van der Waals surface area contributed by atoms with Crippen LogP contribution in [0.5, 0.6) is 5.75 Å². The van der Waals surface area contributed by atoms with E-state index in [2.05, 4.69) is 5.32 Å². The van der Waals surface area contributed by atoms with Crippen LogP contribution < -0.4 is 15.8 Å². The Bertz CT molecular complexity index is 523. The van der Waals surface area contributed by atoms with E-state index in [0.29, 0.717) is 22.7 Å². The van der Waals surface area contributed by atoms with Gasteiger partial charge in [0.05, 0.1) is 18.4 Å². The van der Waals surface area contributed by atoms with Crippen LogP contribution in [-0.4, -0.2) is 13.0 Å². The molecule has 1 amide bonds. The van der Waals surface area contributed by atoms with Crippen molar-refractivity contribution in [3.63, 3.8) is 0 Å². The van der Waals surface area contributed by atoms with E-state index < -0.39 is 0 Å². The zero-order valence-corrected chi connectivity index (χ0v) is 10.1. The van der Waals surface area contributed by atoms with E-state index in [0.717, 1.165) is 0 Å². The van der Waals surface area contributed by atoms with Crippen LogP contribution in [0, 0.1) is 0 Å². The highest BCUT2D eigenvalue weighted by Crippen LogP contribution is 2.27. The summed E-state index contributed by atoms with van der Waals surface area (Å²) in [6.07, 6.45) is 0. The Morgan fingerprint density at radius 3 is 2.88 bits per heavy atom. The zero-order valence-electron chi connectivity index (χ0n) is 9.27. The standard InChI is InChI=1S/C12H12N2O2S/c1-16-11-6-9(13)2-3-10(11)14-12(15)8-4-5-17-7-8/h2-7H,13H2,1H3,(H,14,15). The van der Waals surface area contributed by atoms with Crippen molar-refractivity contribution < 1.29 is 9.53 Å². The van der Waals surface area contributed by atoms with Gasteiger partial charge in [0, 0.05) is 17.1 Å². The Labute approximate surface area is 103 Å². The number of carbonyl (C=O) groups is 1. The van der Waals surface area contributed by atoms with Crippen molar-refractivity contribution in [1.29, 1.82) is 0 Å². The second kappa shape index (κ2) is 4.88. The van der Waals surface area contributed by atoms with E-state index >= 15 is 0 Å². The number of benzene rings is 1. The Morgan fingerprint density at radius 2 is 2.24 bits per heavy atom. The third-order valence-corrected chi connectivity index (χ3v) is 2.94. The number of ether oxygens (including phenoxy) is 1. The Kier molecular flexibility index (Phi) is 3.30. The highest BCUT2D eigenvalue weighted by molar-refractivity contribution is 7.08. The minimum atomic E-state index is -0.158. The quantitative estimate of drug-likeness (QED) is 0.820. The van der Waals surface area contributed by atoms with Gasteiger partial charge in [-0.1, -0.05) is 0 Å². The maximum atomic E-state index is 11.8. The SMILES string of the molecule is COc1cc(N)ccc1NC(=O)c1ccsc1. The summed E-state index contributed by atoms with van der Waals surface area (Å²) in [5.41, 5.74) is 7.47. The van der Waals surface area contributed by atoms with E-state index in [1.54, 1.807) is 29.6 Å². The first kappa shape index (κ1) is 11.5. The van der Waals surface area contributed by atoms with Gasteiger partial charge in [-0.25, -0.2) is 0 Å². The van der Waals surface area contributed by atoms with Gasteiger partial charge in [0.1, 0.15) is 5.75 Å². The van der Waals surface area contributed by atoms with Crippen LogP contribution in [0.3, 0.4) is 0 Å². The highest BCUT2D eigenvalue weighted by atomic mass is 32.1. The van der Waals surface area contributed by atoms with E-state index in [-0.39, 0.29) is 5.91 Å². The van der Waals surface area contributed by atoms with Crippen molar-refractivity contribution in [2.24, 2.45) is 0 Å². The summed E-state index contributed by atoms with van der Waals surface area (Å²) in [7, 11) is 1.54. The van der Waals surface area contributed by atoms with E-state index in [4.69, 9.17) is 10.5 Å². The minimum absolute atomic E-state index is 0.158. The molecule has 0 saturated carbocycles. The largest absolute Gasteiger partial charge is 0.494 e. The zero-order chi connectivity index (χ0) is 12.3. The summed E-state index contributed by atoms with van der Waals surface area (Å²) in [6, 6.07) is 6.87.